The summed E-state index contributed by atoms with van der Waals surface area (Å²) >= 11 is 1.79. The molecule has 4 heteroatoms. The van der Waals surface area contributed by atoms with Gasteiger partial charge in [0.2, 0.25) is 0 Å². The standard InChI is InChI=1S/C12H15N3S/c1-9(7-11-3-2-6-16-11)15-10-4-5-12(13)14-8-10/h2-6,8-9,15H,7H2,1H3,(H2,13,14). The predicted molar refractivity (Wildman–Crippen MR) is 69.8 cm³/mol. The van der Waals surface area contributed by atoms with Crippen LogP contribution in [0, 0.1) is 0 Å². The maximum absolute atomic E-state index is 5.53. The second-order valence-electron chi connectivity index (χ2n) is 3.80. The Bertz CT molecular complexity index is 422. The summed E-state index contributed by atoms with van der Waals surface area (Å²) < 4.78 is 0. The Kier molecular flexibility index (Phi) is 3.41. The average Bonchev–Trinajstić information content (AvgIpc) is 2.74. The third kappa shape index (κ3) is 2.97. The Labute approximate surface area is 99.3 Å². The Hall–Kier alpha value is -1.55. The van der Waals surface area contributed by atoms with Gasteiger partial charge in [-0.05, 0) is 30.5 Å². The van der Waals surface area contributed by atoms with Crippen LogP contribution in [-0.2, 0) is 6.42 Å². The largest absolute Gasteiger partial charge is 0.384 e. The monoisotopic (exact) mass is 233 g/mol. The first-order chi connectivity index (χ1) is 7.74. The van der Waals surface area contributed by atoms with E-state index in [0.717, 1.165) is 12.1 Å². The number of hydrogen-bond acceptors (Lipinski definition) is 4. The molecule has 2 heterocycles. The molecule has 0 aromatic carbocycles. The fraction of sp³-hybridized carbons (Fsp3) is 0.250. The number of pyridine rings is 1. The summed E-state index contributed by atoms with van der Waals surface area (Å²) in [7, 11) is 0. The van der Waals surface area contributed by atoms with Crippen LogP contribution in [0.5, 0.6) is 0 Å². The van der Waals surface area contributed by atoms with Gasteiger partial charge in [0, 0.05) is 17.3 Å². The number of nitrogens with one attached hydrogen (secondary N) is 1. The average molecular weight is 233 g/mol. The number of anilines is 2. The molecule has 1 atom stereocenters. The summed E-state index contributed by atoms with van der Waals surface area (Å²) in [5.41, 5.74) is 6.54. The van der Waals surface area contributed by atoms with Crippen LogP contribution in [0.2, 0.25) is 0 Å². The maximum Gasteiger partial charge on any atom is 0.123 e. The van der Waals surface area contributed by atoms with Gasteiger partial charge in [-0.3, -0.25) is 0 Å². The highest BCUT2D eigenvalue weighted by atomic mass is 32.1. The lowest BCUT2D eigenvalue weighted by molar-refractivity contribution is 0.800. The summed E-state index contributed by atoms with van der Waals surface area (Å²) in [4.78, 5) is 5.44. The second-order valence-corrected chi connectivity index (χ2v) is 4.83. The van der Waals surface area contributed by atoms with Gasteiger partial charge in [0.15, 0.2) is 0 Å². The lowest BCUT2D eigenvalue weighted by Gasteiger charge is -2.13. The van der Waals surface area contributed by atoms with Gasteiger partial charge in [0.1, 0.15) is 5.82 Å². The molecular formula is C12H15N3S. The number of thiophene rings is 1. The lowest BCUT2D eigenvalue weighted by Crippen LogP contribution is -2.17. The van der Waals surface area contributed by atoms with Crippen molar-refractivity contribution in [2.45, 2.75) is 19.4 Å². The summed E-state index contributed by atoms with van der Waals surface area (Å²) in [5.74, 6) is 0.552. The van der Waals surface area contributed by atoms with E-state index in [1.165, 1.54) is 4.88 Å². The molecule has 2 aromatic rings. The molecule has 0 saturated carbocycles. The van der Waals surface area contributed by atoms with Crippen LogP contribution < -0.4 is 11.1 Å². The smallest absolute Gasteiger partial charge is 0.123 e. The van der Waals surface area contributed by atoms with Gasteiger partial charge in [-0.25, -0.2) is 4.98 Å². The Balaban J connectivity index is 1.92. The third-order valence-electron chi connectivity index (χ3n) is 2.29. The zero-order valence-corrected chi connectivity index (χ0v) is 10.00. The van der Waals surface area contributed by atoms with E-state index >= 15 is 0 Å². The summed E-state index contributed by atoms with van der Waals surface area (Å²) in [6.45, 7) is 2.16. The van der Waals surface area contributed by atoms with Crippen LogP contribution in [0.25, 0.3) is 0 Å². The summed E-state index contributed by atoms with van der Waals surface area (Å²) in [5, 5.41) is 5.50. The number of nitrogens with two attached hydrogens (primary N) is 1. The van der Waals surface area contributed by atoms with Crippen LogP contribution >= 0.6 is 11.3 Å². The van der Waals surface area contributed by atoms with Crippen molar-refractivity contribution in [3.05, 3.63) is 40.7 Å². The molecule has 0 bridgehead atoms. The molecule has 0 aliphatic heterocycles. The van der Waals surface area contributed by atoms with Crippen molar-refractivity contribution in [3.63, 3.8) is 0 Å². The molecule has 0 aliphatic rings. The molecule has 0 radical (unpaired) electrons. The molecule has 84 valence electrons. The normalized spacial score (nSPS) is 12.3. The second kappa shape index (κ2) is 4.99. The number of hydrogen-bond donors (Lipinski definition) is 2. The molecule has 2 aromatic heterocycles. The molecular weight excluding hydrogens is 218 g/mol. The van der Waals surface area contributed by atoms with Crippen molar-refractivity contribution in [1.82, 2.24) is 4.98 Å². The summed E-state index contributed by atoms with van der Waals surface area (Å²) in [6.07, 6.45) is 2.79. The van der Waals surface area contributed by atoms with Crippen LogP contribution in [0.1, 0.15) is 11.8 Å². The fourth-order valence-electron chi connectivity index (χ4n) is 1.56. The van der Waals surface area contributed by atoms with Crippen molar-refractivity contribution < 1.29 is 0 Å². The maximum atomic E-state index is 5.53. The van der Waals surface area contributed by atoms with Gasteiger partial charge >= 0.3 is 0 Å². The lowest BCUT2D eigenvalue weighted by atomic mass is 10.2. The van der Waals surface area contributed by atoms with Gasteiger partial charge in [0.05, 0.1) is 11.9 Å². The molecule has 3 nitrogen and oxygen atoms in total. The molecule has 2 rings (SSSR count). The molecule has 0 spiro atoms. The zero-order valence-electron chi connectivity index (χ0n) is 9.18. The molecule has 0 saturated heterocycles. The van der Waals surface area contributed by atoms with E-state index in [9.17, 15) is 0 Å². The first kappa shape index (κ1) is 11.0. The molecule has 16 heavy (non-hydrogen) atoms. The summed E-state index contributed by atoms with van der Waals surface area (Å²) in [6, 6.07) is 8.39. The zero-order chi connectivity index (χ0) is 11.4. The quantitative estimate of drug-likeness (QED) is 0.853. The highest BCUT2D eigenvalue weighted by Gasteiger charge is 2.04. The fourth-order valence-corrected chi connectivity index (χ4v) is 2.39. The first-order valence-electron chi connectivity index (χ1n) is 5.24. The van der Waals surface area contributed by atoms with E-state index < -0.39 is 0 Å². The van der Waals surface area contributed by atoms with Crippen LogP contribution in [0.15, 0.2) is 35.8 Å². The van der Waals surface area contributed by atoms with Gasteiger partial charge < -0.3 is 11.1 Å². The first-order valence-corrected chi connectivity index (χ1v) is 6.12. The molecule has 0 aliphatic carbocycles. The van der Waals surface area contributed by atoms with Gasteiger partial charge in [0.25, 0.3) is 0 Å². The van der Waals surface area contributed by atoms with Gasteiger partial charge in [-0.1, -0.05) is 6.07 Å². The van der Waals surface area contributed by atoms with Crippen molar-refractivity contribution in [2.75, 3.05) is 11.1 Å². The molecule has 1 unspecified atom stereocenters. The minimum Gasteiger partial charge on any atom is -0.384 e. The third-order valence-corrected chi connectivity index (χ3v) is 3.19. The van der Waals surface area contributed by atoms with Crippen molar-refractivity contribution >= 4 is 22.8 Å². The molecule has 0 fully saturated rings. The Morgan fingerprint density at radius 3 is 2.94 bits per heavy atom. The van der Waals surface area contributed by atoms with E-state index in [4.69, 9.17) is 5.73 Å². The minimum absolute atomic E-state index is 0.393. The van der Waals surface area contributed by atoms with Gasteiger partial charge in [-0.15, -0.1) is 11.3 Å². The van der Waals surface area contributed by atoms with Crippen molar-refractivity contribution in [3.8, 4) is 0 Å². The SMILES string of the molecule is CC(Cc1cccs1)Nc1ccc(N)nc1. The predicted octanol–water partition coefficient (Wildman–Crippen LogP) is 2.77. The minimum atomic E-state index is 0.393. The highest BCUT2D eigenvalue weighted by Crippen LogP contribution is 2.14. The Morgan fingerprint density at radius 2 is 2.31 bits per heavy atom. The van der Waals surface area contributed by atoms with Crippen LogP contribution in [0.4, 0.5) is 11.5 Å². The number of nitrogen functional groups attached to an aromatic ring is 1. The number of rotatable bonds is 4. The Morgan fingerprint density at radius 1 is 1.44 bits per heavy atom. The van der Waals surface area contributed by atoms with E-state index in [1.54, 1.807) is 23.6 Å². The molecule has 3 N–H and O–H groups in total. The van der Waals surface area contributed by atoms with E-state index in [0.29, 0.717) is 11.9 Å². The van der Waals surface area contributed by atoms with Gasteiger partial charge in [-0.2, -0.15) is 0 Å². The van der Waals surface area contributed by atoms with E-state index in [1.807, 2.05) is 6.07 Å². The molecule has 0 amide bonds. The van der Waals surface area contributed by atoms with Crippen molar-refractivity contribution in [1.29, 1.82) is 0 Å². The van der Waals surface area contributed by atoms with E-state index in [2.05, 4.69) is 34.7 Å². The highest BCUT2D eigenvalue weighted by molar-refractivity contribution is 7.09. The van der Waals surface area contributed by atoms with Crippen molar-refractivity contribution in [2.24, 2.45) is 0 Å². The topological polar surface area (TPSA) is 50.9 Å². The van der Waals surface area contributed by atoms with E-state index in [-0.39, 0.29) is 0 Å². The number of nitrogens with zero attached hydrogens (tertiary/aromatic N) is 1. The van der Waals surface area contributed by atoms with Crippen LogP contribution in [0.3, 0.4) is 0 Å². The number of aromatic nitrogens is 1. The van der Waals surface area contributed by atoms with Crippen LogP contribution in [-0.4, -0.2) is 11.0 Å².